The van der Waals surface area contributed by atoms with Crippen LogP contribution in [0.4, 0.5) is 4.39 Å². The van der Waals surface area contributed by atoms with Gasteiger partial charge < -0.3 is 10.1 Å². The van der Waals surface area contributed by atoms with Crippen molar-refractivity contribution >= 4 is 6.08 Å². The zero-order chi connectivity index (χ0) is 10.9. The second kappa shape index (κ2) is 7.15. The molecule has 1 aromatic rings. The zero-order valence-electron chi connectivity index (χ0n) is 8.87. The third kappa shape index (κ3) is 5.30. The van der Waals surface area contributed by atoms with E-state index < -0.39 is 0 Å². The molecule has 0 aliphatic heterocycles. The fourth-order valence-corrected chi connectivity index (χ4v) is 1.13. The van der Waals surface area contributed by atoms with Gasteiger partial charge in [0.15, 0.2) is 0 Å². The number of rotatable bonds is 6. The summed E-state index contributed by atoms with van der Waals surface area (Å²) < 4.78 is 17.5. The van der Waals surface area contributed by atoms with Gasteiger partial charge in [-0.15, -0.1) is 0 Å². The standard InChI is InChI=1S/C12H16FNO/c1-15-10-9-14-8-2-3-11-4-6-12(13)7-5-11/h2-7,14H,8-10H2,1H3. The maximum absolute atomic E-state index is 12.6. The van der Waals surface area contributed by atoms with Crippen molar-refractivity contribution in [3.05, 3.63) is 41.7 Å². The van der Waals surface area contributed by atoms with Gasteiger partial charge in [-0.05, 0) is 17.7 Å². The average molecular weight is 209 g/mol. The molecule has 1 rings (SSSR count). The van der Waals surface area contributed by atoms with E-state index in [0.717, 1.165) is 18.7 Å². The second-order valence-corrected chi connectivity index (χ2v) is 3.15. The van der Waals surface area contributed by atoms with Gasteiger partial charge in [0.25, 0.3) is 0 Å². The van der Waals surface area contributed by atoms with Crippen LogP contribution in [0.25, 0.3) is 6.08 Å². The smallest absolute Gasteiger partial charge is 0.123 e. The first-order valence-corrected chi connectivity index (χ1v) is 4.94. The van der Waals surface area contributed by atoms with Gasteiger partial charge in [0.2, 0.25) is 0 Å². The van der Waals surface area contributed by atoms with E-state index in [9.17, 15) is 4.39 Å². The molecule has 0 aliphatic carbocycles. The Bertz CT molecular complexity index is 295. The van der Waals surface area contributed by atoms with Gasteiger partial charge >= 0.3 is 0 Å². The molecule has 0 saturated carbocycles. The van der Waals surface area contributed by atoms with Gasteiger partial charge in [0, 0.05) is 20.2 Å². The average Bonchev–Trinajstić information content (AvgIpc) is 2.26. The molecule has 2 nitrogen and oxygen atoms in total. The first-order valence-electron chi connectivity index (χ1n) is 4.94. The van der Waals surface area contributed by atoms with Crippen molar-refractivity contribution in [1.29, 1.82) is 0 Å². The van der Waals surface area contributed by atoms with Crippen LogP contribution in [0.2, 0.25) is 0 Å². The molecular weight excluding hydrogens is 193 g/mol. The van der Waals surface area contributed by atoms with E-state index in [-0.39, 0.29) is 5.82 Å². The van der Waals surface area contributed by atoms with E-state index >= 15 is 0 Å². The summed E-state index contributed by atoms with van der Waals surface area (Å²) in [4.78, 5) is 0. The van der Waals surface area contributed by atoms with Crippen molar-refractivity contribution in [3.63, 3.8) is 0 Å². The van der Waals surface area contributed by atoms with Crippen LogP contribution in [-0.2, 0) is 4.74 Å². The Kier molecular flexibility index (Phi) is 5.66. The fraction of sp³-hybridized carbons (Fsp3) is 0.333. The van der Waals surface area contributed by atoms with Crippen LogP contribution in [-0.4, -0.2) is 26.8 Å². The molecule has 0 bridgehead atoms. The molecule has 82 valence electrons. The van der Waals surface area contributed by atoms with Crippen LogP contribution in [0.1, 0.15) is 5.56 Å². The third-order valence-electron chi connectivity index (χ3n) is 1.93. The number of hydrogen-bond donors (Lipinski definition) is 1. The van der Waals surface area contributed by atoms with Crippen LogP contribution in [0, 0.1) is 5.82 Å². The van der Waals surface area contributed by atoms with Crippen LogP contribution in [0.3, 0.4) is 0 Å². The van der Waals surface area contributed by atoms with Crippen molar-refractivity contribution in [2.24, 2.45) is 0 Å². The maximum Gasteiger partial charge on any atom is 0.123 e. The highest BCUT2D eigenvalue weighted by atomic mass is 19.1. The summed E-state index contributed by atoms with van der Waals surface area (Å²) in [6.07, 6.45) is 3.96. The molecule has 1 N–H and O–H groups in total. The monoisotopic (exact) mass is 209 g/mol. The molecule has 0 radical (unpaired) electrons. The normalized spacial score (nSPS) is 11.1. The van der Waals surface area contributed by atoms with Gasteiger partial charge in [0.05, 0.1) is 6.61 Å². The molecular formula is C12H16FNO. The molecule has 0 unspecified atom stereocenters. The summed E-state index contributed by atoms with van der Waals surface area (Å²) in [5.41, 5.74) is 1.00. The summed E-state index contributed by atoms with van der Waals surface area (Å²) >= 11 is 0. The Balaban J connectivity index is 2.23. The first kappa shape index (κ1) is 11.9. The summed E-state index contributed by atoms with van der Waals surface area (Å²) in [7, 11) is 1.68. The summed E-state index contributed by atoms with van der Waals surface area (Å²) in [5.74, 6) is -0.203. The molecule has 0 amide bonds. The molecule has 1 aromatic carbocycles. The molecule has 0 fully saturated rings. The largest absolute Gasteiger partial charge is 0.383 e. The van der Waals surface area contributed by atoms with E-state index in [1.54, 1.807) is 19.2 Å². The lowest BCUT2D eigenvalue weighted by Crippen LogP contribution is -2.18. The number of nitrogens with one attached hydrogen (secondary N) is 1. The van der Waals surface area contributed by atoms with Gasteiger partial charge in [0.1, 0.15) is 5.82 Å². The SMILES string of the molecule is COCCNCC=Cc1ccc(F)cc1. The van der Waals surface area contributed by atoms with Gasteiger partial charge in [-0.25, -0.2) is 4.39 Å². The lowest BCUT2D eigenvalue weighted by Gasteiger charge is -1.99. The predicted octanol–water partition coefficient (Wildman–Crippen LogP) is 2.07. The Hall–Kier alpha value is -1.19. The molecule has 0 saturated heterocycles. The Morgan fingerprint density at radius 1 is 1.33 bits per heavy atom. The number of benzene rings is 1. The summed E-state index contributed by atoms with van der Waals surface area (Å²) in [6.45, 7) is 2.34. The third-order valence-corrected chi connectivity index (χ3v) is 1.93. The second-order valence-electron chi connectivity index (χ2n) is 3.15. The van der Waals surface area contributed by atoms with E-state index in [4.69, 9.17) is 4.74 Å². The molecule has 0 atom stereocenters. The van der Waals surface area contributed by atoms with E-state index in [0.29, 0.717) is 6.61 Å². The number of halogens is 1. The van der Waals surface area contributed by atoms with Gasteiger partial charge in [-0.2, -0.15) is 0 Å². The first-order chi connectivity index (χ1) is 7.33. The van der Waals surface area contributed by atoms with Crippen molar-refractivity contribution in [3.8, 4) is 0 Å². The van der Waals surface area contributed by atoms with Crippen molar-refractivity contribution in [1.82, 2.24) is 5.32 Å². The predicted molar refractivity (Wildman–Crippen MR) is 60.2 cm³/mol. The summed E-state index contributed by atoms with van der Waals surface area (Å²) in [5, 5.41) is 3.18. The molecule has 0 aliphatic rings. The van der Waals surface area contributed by atoms with Crippen LogP contribution in [0.15, 0.2) is 30.3 Å². The molecule has 0 spiro atoms. The molecule has 0 heterocycles. The Morgan fingerprint density at radius 2 is 2.07 bits per heavy atom. The molecule has 0 aromatic heterocycles. The van der Waals surface area contributed by atoms with Crippen LogP contribution in [0.5, 0.6) is 0 Å². The minimum Gasteiger partial charge on any atom is -0.383 e. The van der Waals surface area contributed by atoms with Crippen molar-refractivity contribution in [2.45, 2.75) is 0 Å². The zero-order valence-corrected chi connectivity index (χ0v) is 8.87. The van der Waals surface area contributed by atoms with E-state index in [1.165, 1.54) is 12.1 Å². The topological polar surface area (TPSA) is 21.3 Å². The summed E-state index contributed by atoms with van der Waals surface area (Å²) in [6, 6.07) is 6.41. The number of ether oxygens (including phenoxy) is 1. The van der Waals surface area contributed by atoms with Crippen LogP contribution < -0.4 is 5.32 Å². The van der Waals surface area contributed by atoms with E-state index in [1.807, 2.05) is 12.2 Å². The number of hydrogen-bond acceptors (Lipinski definition) is 2. The molecule has 3 heteroatoms. The van der Waals surface area contributed by atoms with Gasteiger partial charge in [-0.3, -0.25) is 0 Å². The Labute approximate surface area is 89.8 Å². The molecule has 15 heavy (non-hydrogen) atoms. The van der Waals surface area contributed by atoms with Gasteiger partial charge in [-0.1, -0.05) is 24.3 Å². The minimum absolute atomic E-state index is 0.203. The van der Waals surface area contributed by atoms with Crippen molar-refractivity contribution in [2.75, 3.05) is 26.8 Å². The lowest BCUT2D eigenvalue weighted by atomic mass is 10.2. The fourth-order valence-electron chi connectivity index (χ4n) is 1.13. The number of methoxy groups -OCH3 is 1. The van der Waals surface area contributed by atoms with Crippen molar-refractivity contribution < 1.29 is 9.13 Å². The Morgan fingerprint density at radius 3 is 2.73 bits per heavy atom. The van der Waals surface area contributed by atoms with Crippen LogP contribution >= 0.6 is 0 Å². The highest BCUT2D eigenvalue weighted by molar-refractivity contribution is 5.48. The van der Waals surface area contributed by atoms with E-state index in [2.05, 4.69) is 5.32 Å². The lowest BCUT2D eigenvalue weighted by molar-refractivity contribution is 0.200. The minimum atomic E-state index is -0.203. The highest BCUT2D eigenvalue weighted by Crippen LogP contribution is 2.03. The quantitative estimate of drug-likeness (QED) is 0.724. The highest BCUT2D eigenvalue weighted by Gasteiger charge is 1.88. The maximum atomic E-state index is 12.6.